The molecule has 4 rings (SSSR count). The number of nitrogens with zero attached hydrogens (tertiary/aromatic N) is 4. The number of carboxylic acid groups (broad SMARTS) is 1. The fraction of sp³-hybridized carbons (Fsp3) is 0.619. The predicted octanol–water partition coefficient (Wildman–Crippen LogP) is 2.10. The minimum atomic E-state index is -0.866. The lowest BCUT2D eigenvalue weighted by atomic mass is 10.0. The second kappa shape index (κ2) is 9.71. The van der Waals surface area contributed by atoms with Gasteiger partial charge in [0.05, 0.1) is 42.8 Å². The van der Waals surface area contributed by atoms with Crippen molar-refractivity contribution in [3.63, 3.8) is 0 Å². The van der Waals surface area contributed by atoms with E-state index in [2.05, 4.69) is 15.3 Å². The fourth-order valence-electron chi connectivity index (χ4n) is 3.79. The fourth-order valence-corrected chi connectivity index (χ4v) is 3.79. The Morgan fingerprint density at radius 2 is 2.19 bits per heavy atom. The van der Waals surface area contributed by atoms with E-state index >= 15 is 0 Å². The maximum Gasteiger partial charge on any atom is 0.308 e. The number of aromatic nitrogens is 4. The molecule has 4 heterocycles. The van der Waals surface area contributed by atoms with E-state index in [1.807, 2.05) is 26.1 Å². The van der Waals surface area contributed by atoms with E-state index in [0.29, 0.717) is 42.5 Å². The first-order valence-corrected chi connectivity index (χ1v) is 10.6. The standard InChI is InChI=1S/C21H28N4O6/c1-13-18(31-15-9-14(21(26)27)10-28-11-15)7-6-16(22-13)20-17(25(2)24-23-20)12-30-19-5-3-4-8-29-19/h6-7,14-15,19H,3-5,8-12H2,1-2H3,(H,26,27). The Morgan fingerprint density at radius 1 is 1.32 bits per heavy atom. The predicted molar refractivity (Wildman–Crippen MR) is 108 cm³/mol. The van der Waals surface area contributed by atoms with Gasteiger partial charge in [-0.3, -0.25) is 4.79 Å². The van der Waals surface area contributed by atoms with Gasteiger partial charge in [0, 0.05) is 20.1 Å². The van der Waals surface area contributed by atoms with Crippen molar-refractivity contribution in [1.82, 2.24) is 20.0 Å². The molecule has 31 heavy (non-hydrogen) atoms. The first-order chi connectivity index (χ1) is 15.0. The molecule has 2 fully saturated rings. The Hall–Kier alpha value is -2.56. The largest absolute Gasteiger partial charge is 0.486 e. The molecule has 0 spiro atoms. The number of carboxylic acids is 1. The third-order valence-electron chi connectivity index (χ3n) is 5.58. The Balaban J connectivity index is 1.45. The van der Waals surface area contributed by atoms with E-state index in [1.54, 1.807) is 4.68 Å². The summed E-state index contributed by atoms with van der Waals surface area (Å²) in [5.41, 5.74) is 2.83. The maximum atomic E-state index is 11.2. The number of aryl methyl sites for hydroxylation is 2. The Labute approximate surface area is 180 Å². The average Bonchev–Trinajstić information content (AvgIpc) is 3.15. The summed E-state index contributed by atoms with van der Waals surface area (Å²) in [4.78, 5) is 15.9. The molecule has 10 heteroatoms. The van der Waals surface area contributed by atoms with Crippen LogP contribution in [0.5, 0.6) is 5.75 Å². The highest BCUT2D eigenvalue weighted by molar-refractivity contribution is 5.70. The van der Waals surface area contributed by atoms with Crippen LogP contribution in [0.3, 0.4) is 0 Å². The van der Waals surface area contributed by atoms with Crippen LogP contribution in [0, 0.1) is 12.8 Å². The van der Waals surface area contributed by atoms with Crippen LogP contribution >= 0.6 is 0 Å². The molecule has 2 aromatic heterocycles. The van der Waals surface area contributed by atoms with Gasteiger partial charge in [-0.15, -0.1) is 5.10 Å². The van der Waals surface area contributed by atoms with Crippen LogP contribution in [0.4, 0.5) is 0 Å². The lowest BCUT2D eigenvalue weighted by molar-refractivity contribution is -0.169. The van der Waals surface area contributed by atoms with Crippen molar-refractivity contribution in [2.45, 2.75) is 51.6 Å². The van der Waals surface area contributed by atoms with Gasteiger partial charge in [-0.25, -0.2) is 9.67 Å². The van der Waals surface area contributed by atoms with Gasteiger partial charge in [0.2, 0.25) is 0 Å². The molecule has 0 amide bonds. The molecule has 0 bridgehead atoms. The summed E-state index contributed by atoms with van der Waals surface area (Å²) in [7, 11) is 1.82. The van der Waals surface area contributed by atoms with E-state index in [9.17, 15) is 9.90 Å². The molecule has 168 valence electrons. The third-order valence-corrected chi connectivity index (χ3v) is 5.58. The molecule has 2 aromatic rings. The number of pyridine rings is 1. The van der Waals surface area contributed by atoms with Crippen molar-refractivity contribution in [3.8, 4) is 17.1 Å². The normalized spacial score (nSPS) is 24.1. The van der Waals surface area contributed by atoms with Gasteiger partial charge in [-0.2, -0.15) is 0 Å². The minimum absolute atomic E-state index is 0.200. The van der Waals surface area contributed by atoms with E-state index in [1.165, 1.54) is 0 Å². The zero-order valence-electron chi connectivity index (χ0n) is 17.8. The molecular formula is C21H28N4O6. The quantitative estimate of drug-likeness (QED) is 0.701. The first-order valence-electron chi connectivity index (χ1n) is 10.6. The van der Waals surface area contributed by atoms with Crippen molar-refractivity contribution in [2.24, 2.45) is 13.0 Å². The van der Waals surface area contributed by atoms with Crippen LogP contribution in [0.1, 0.15) is 37.1 Å². The van der Waals surface area contributed by atoms with E-state index in [-0.39, 0.29) is 19.0 Å². The van der Waals surface area contributed by atoms with Crippen LogP contribution in [-0.4, -0.2) is 63.3 Å². The molecule has 0 aromatic carbocycles. The number of hydrogen-bond acceptors (Lipinski definition) is 8. The third kappa shape index (κ3) is 5.20. The van der Waals surface area contributed by atoms with Crippen molar-refractivity contribution < 1.29 is 28.8 Å². The Morgan fingerprint density at radius 3 is 2.94 bits per heavy atom. The van der Waals surface area contributed by atoms with Crippen molar-refractivity contribution in [2.75, 3.05) is 19.8 Å². The highest BCUT2D eigenvalue weighted by Gasteiger charge is 2.29. The molecular weight excluding hydrogens is 404 g/mol. The summed E-state index contributed by atoms with van der Waals surface area (Å²) in [6.45, 7) is 3.48. The Kier molecular flexibility index (Phi) is 6.79. The minimum Gasteiger partial charge on any atom is -0.486 e. The smallest absolute Gasteiger partial charge is 0.308 e. The van der Waals surface area contributed by atoms with Gasteiger partial charge in [0.25, 0.3) is 0 Å². The topological polar surface area (TPSA) is 118 Å². The number of hydrogen-bond donors (Lipinski definition) is 1. The number of carbonyl (C=O) groups is 1. The molecule has 10 nitrogen and oxygen atoms in total. The first kappa shape index (κ1) is 21.7. The number of ether oxygens (including phenoxy) is 4. The van der Waals surface area contributed by atoms with Gasteiger partial charge in [0.15, 0.2) is 6.29 Å². The van der Waals surface area contributed by atoms with Gasteiger partial charge in [-0.1, -0.05) is 5.21 Å². The van der Waals surface area contributed by atoms with Crippen molar-refractivity contribution in [3.05, 3.63) is 23.5 Å². The maximum absolute atomic E-state index is 11.2. The van der Waals surface area contributed by atoms with Gasteiger partial charge >= 0.3 is 5.97 Å². The summed E-state index contributed by atoms with van der Waals surface area (Å²) in [6.07, 6.45) is 2.94. The van der Waals surface area contributed by atoms with E-state index in [4.69, 9.17) is 18.9 Å². The second-order valence-electron chi connectivity index (χ2n) is 7.94. The van der Waals surface area contributed by atoms with Crippen molar-refractivity contribution >= 4 is 5.97 Å². The molecule has 1 N–H and O–H groups in total. The van der Waals surface area contributed by atoms with Crippen LogP contribution < -0.4 is 4.74 Å². The molecule has 0 radical (unpaired) electrons. The van der Waals surface area contributed by atoms with E-state index in [0.717, 1.165) is 31.6 Å². The molecule has 0 aliphatic carbocycles. The van der Waals surface area contributed by atoms with Crippen molar-refractivity contribution in [1.29, 1.82) is 0 Å². The highest BCUT2D eigenvalue weighted by Crippen LogP contribution is 2.27. The zero-order valence-corrected chi connectivity index (χ0v) is 17.8. The molecule has 3 unspecified atom stereocenters. The summed E-state index contributed by atoms with van der Waals surface area (Å²) >= 11 is 0. The highest BCUT2D eigenvalue weighted by atomic mass is 16.7. The van der Waals surface area contributed by atoms with Crippen LogP contribution in [0.15, 0.2) is 12.1 Å². The summed E-state index contributed by atoms with van der Waals surface area (Å²) in [5, 5.41) is 17.6. The molecule has 2 saturated heterocycles. The summed E-state index contributed by atoms with van der Waals surface area (Å²) < 4.78 is 24.6. The van der Waals surface area contributed by atoms with E-state index < -0.39 is 11.9 Å². The summed E-state index contributed by atoms with van der Waals surface area (Å²) in [5.74, 6) is -0.822. The molecule has 0 saturated carbocycles. The molecule has 3 atom stereocenters. The van der Waals surface area contributed by atoms with Crippen LogP contribution in [-0.2, 0) is 32.7 Å². The van der Waals surface area contributed by atoms with Gasteiger partial charge in [0.1, 0.15) is 17.5 Å². The second-order valence-corrected chi connectivity index (χ2v) is 7.94. The average molecular weight is 432 g/mol. The lowest BCUT2D eigenvalue weighted by Crippen LogP contribution is -2.37. The summed E-state index contributed by atoms with van der Waals surface area (Å²) in [6, 6.07) is 3.65. The van der Waals surface area contributed by atoms with Crippen LogP contribution in [0.25, 0.3) is 11.4 Å². The molecule has 2 aliphatic heterocycles. The Bertz CT molecular complexity index is 911. The lowest BCUT2D eigenvalue weighted by Gasteiger charge is -2.27. The molecule has 2 aliphatic rings. The SMILES string of the molecule is Cc1nc(-c2nnn(C)c2COC2CCCCO2)ccc1OC1COCC(C(=O)O)C1. The number of rotatable bonds is 7. The zero-order chi connectivity index (χ0) is 21.8. The van der Waals surface area contributed by atoms with Gasteiger partial charge < -0.3 is 24.1 Å². The van der Waals surface area contributed by atoms with Gasteiger partial charge in [-0.05, 0) is 38.3 Å². The van der Waals surface area contributed by atoms with Crippen LogP contribution in [0.2, 0.25) is 0 Å². The monoisotopic (exact) mass is 432 g/mol. The number of aliphatic carboxylic acids is 1.